The standard InChI is InChI=1S/C21H26IN5/c1-15-11-20-19(7-8-21(24)27(20)16(2)23)26(15)14-18-6-4-5-17(12-18)13-25(3)10-9-22/h4-8,11-12,23-24H,9-10,13-14H2,1-3H3. The van der Waals surface area contributed by atoms with Gasteiger partial charge in [-0.1, -0.05) is 46.9 Å². The van der Waals surface area contributed by atoms with Crippen molar-refractivity contribution in [1.29, 1.82) is 10.8 Å². The largest absolute Gasteiger partial charge is 0.339 e. The Bertz CT molecular complexity index is 1030. The van der Waals surface area contributed by atoms with Crippen molar-refractivity contribution in [3.8, 4) is 0 Å². The predicted octanol–water partition coefficient (Wildman–Crippen LogP) is 3.99. The first-order valence-electron chi connectivity index (χ1n) is 9.05. The number of aromatic nitrogens is 2. The Morgan fingerprint density at radius 3 is 2.56 bits per heavy atom. The molecule has 142 valence electrons. The van der Waals surface area contributed by atoms with Crippen LogP contribution in [0.25, 0.3) is 11.0 Å². The van der Waals surface area contributed by atoms with E-state index in [-0.39, 0.29) is 0 Å². The molecule has 3 rings (SSSR count). The van der Waals surface area contributed by atoms with Crippen LogP contribution in [0, 0.1) is 17.7 Å². The van der Waals surface area contributed by atoms with Crippen LogP contribution < -0.4 is 5.49 Å². The monoisotopic (exact) mass is 475 g/mol. The van der Waals surface area contributed by atoms with Crippen LogP contribution in [-0.4, -0.2) is 37.9 Å². The third-order valence-corrected chi connectivity index (χ3v) is 5.27. The van der Waals surface area contributed by atoms with Gasteiger partial charge in [-0.2, -0.15) is 0 Å². The molecule has 6 heteroatoms. The maximum absolute atomic E-state index is 8.12. The maximum Gasteiger partial charge on any atom is 0.130 e. The van der Waals surface area contributed by atoms with Gasteiger partial charge in [0.05, 0.1) is 11.0 Å². The molecule has 2 aromatic heterocycles. The Morgan fingerprint density at radius 2 is 1.85 bits per heavy atom. The molecule has 2 N–H and O–H groups in total. The lowest BCUT2D eigenvalue weighted by atomic mass is 10.1. The van der Waals surface area contributed by atoms with Crippen LogP contribution in [0.2, 0.25) is 0 Å². The van der Waals surface area contributed by atoms with Gasteiger partial charge in [0.1, 0.15) is 11.3 Å². The third kappa shape index (κ3) is 4.32. The molecule has 2 heterocycles. The molecule has 0 fully saturated rings. The molecule has 0 radical (unpaired) electrons. The van der Waals surface area contributed by atoms with E-state index in [4.69, 9.17) is 10.8 Å². The molecule has 0 aliphatic rings. The van der Waals surface area contributed by atoms with Crippen molar-refractivity contribution in [2.24, 2.45) is 0 Å². The van der Waals surface area contributed by atoms with E-state index in [0.717, 1.165) is 40.8 Å². The molecule has 1 aromatic carbocycles. The van der Waals surface area contributed by atoms with E-state index in [1.165, 1.54) is 11.1 Å². The minimum atomic E-state index is 0.340. The summed E-state index contributed by atoms with van der Waals surface area (Å²) in [5.74, 6) is 0.364. The third-order valence-electron chi connectivity index (χ3n) is 4.79. The SMILES string of the molecule is CC(=N)n1c(=N)ccc2c1cc(C)n2Cc1cccc(CN(C)CCI)c1. The second-order valence-electron chi connectivity index (χ2n) is 7.03. The summed E-state index contributed by atoms with van der Waals surface area (Å²) in [6, 6.07) is 14.6. The molecular weight excluding hydrogens is 449 g/mol. The molecule has 0 amide bonds. The average Bonchev–Trinajstić information content (AvgIpc) is 2.90. The zero-order chi connectivity index (χ0) is 19.6. The Hall–Kier alpha value is -1.93. The Morgan fingerprint density at radius 1 is 1.11 bits per heavy atom. The zero-order valence-electron chi connectivity index (χ0n) is 16.1. The minimum absolute atomic E-state index is 0.340. The van der Waals surface area contributed by atoms with E-state index in [1.54, 1.807) is 17.6 Å². The lowest BCUT2D eigenvalue weighted by molar-refractivity contribution is 0.350. The molecule has 0 atom stereocenters. The van der Waals surface area contributed by atoms with Crippen LogP contribution in [0.1, 0.15) is 23.7 Å². The molecule has 27 heavy (non-hydrogen) atoms. The van der Waals surface area contributed by atoms with Gasteiger partial charge < -0.3 is 9.47 Å². The molecule has 5 nitrogen and oxygen atoms in total. The van der Waals surface area contributed by atoms with Crippen LogP contribution >= 0.6 is 22.6 Å². The fourth-order valence-corrected chi connectivity index (χ4v) is 4.33. The van der Waals surface area contributed by atoms with Gasteiger partial charge in [-0.15, -0.1) is 0 Å². The minimum Gasteiger partial charge on any atom is -0.339 e. The van der Waals surface area contributed by atoms with E-state index < -0.39 is 0 Å². The summed E-state index contributed by atoms with van der Waals surface area (Å²) in [5.41, 5.74) is 6.05. The van der Waals surface area contributed by atoms with Gasteiger partial charge in [-0.25, -0.2) is 0 Å². The van der Waals surface area contributed by atoms with Crippen molar-refractivity contribution in [2.75, 3.05) is 18.0 Å². The molecule has 0 spiro atoms. The smallest absolute Gasteiger partial charge is 0.130 e. The van der Waals surface area contributed by atoms with E-state index >= 15 is 0 Å². The van der Waals surface area contributed by atoms with Gasteiger partial charge in [0.25, 0.3) is 0 Å². The fraction of sp³-hybridized carbons (Fsp3) is 0.333. The highest BCUT2D eigenvalue weighted by Crippen LogP contribution is 2.20. The predicted molar refractivity (Wildman–Crippen MR) is 120 cm³/mol. The van der Waals surface area contributed by atoms with Crippen LogP contribution in [0.4, 0.5) is 0 Å². The second-order valence-corrected chi connectivity index (χ2v) is 8.11. The van der Waals surface area contributed by atoms with Crippen LogP contribution in [0.3, 0.4) is 0 Å². The van der Waals surface area contributed by atoms with Crippen molar-refractivity contribution in [3.63, 3.8) is 0 Å². The first kappa shape index (κ1) is 19.8. The van der Waals surface area contributed by atoms with Gasteiger partial charge in [-0.05, 0) is 50.2 Å². The van der Waals surface area contributed by atoms with E-state index in [2.05, 4.69) is 76.4 Å². The van der Waals surface area contributed by atoms with Gasteiger partial charge >= 0.3 is 0 Å². The number of benzene rings is 1. The maximum atomic E-state index is 8.12. The molecule has 0 saturated carbocycles. The molecule has 0 unspecified atom stereocenters. The lowest BCUT2D eigenvalue weighted by Gasteiger charge is -2.16. The summed E-state index contributed by atoms with van der Waals surface area (Å²) < 4.78 is 5.09. The average molecular weight is 475 g/mol. The number of aryl methyl sites for hydroxylation is 1. The van der Waals surface area contributed by atoms with E-state index in [0.29, 0.717) is 11.3 Å². The fourth-order valence-electron chi connectivity index (χ4n) is 3.51. The number of nitrogens with zero attached hydrogens (tertiary/aromatic N) is 3. The van der Waals surface area contributed by atoms with Crippen LogP contribution in [-0.2, 0) is 13.1 Å². The number of rotatable bonds is 6. The summed E-state index contributed by atoms with van der Waals surface area (Å²) in [6.07, 6.45) is 0. The number of nitrogens with one attached hydrogen (secondary N) is 2. The molecule has 0 bridgehead atoms. The first-order chi connectivity index (χ1) is 12.9. The van der Waals surface area contributed by atoms with E-state index in [9.17, 15) is 0 Å². The molecule has 0 aliphatic carbocycles. The van der Waals surface area contributed by atoms with Crippen LogP contribution in [0.15, 0.2) is 42.5 Å². The van der Waals surface area contributed by atoms with Gasteiger partial charge in [-0.3, -0.25) is 15.4 Å². The van der Waals surface area contributed by atoms with Crippen LogP contribution in [0.5, 0.6) is 0 Å². The highest BCUT2D eigenvalue weighted by molar-refractivity contribution is 14.1. The Balaban J connectivity index is 1.96. The molecule has 0 saturated heterocycles. The summed E-state index contributed by atoms with van der Waals surface area (Å²) >= 11 is 2.41. The summed E-state index contributed by atoms with van der Waals surface area (Å²) in [6.45, 7) is 6.64. The number of pyridine rings is 1. The number of halogens is 1. The van der Waals surface area contributed by atoms with Gasteiger partial charge in [0.15, 0.2) is 0 Å². The number of fused-ring (bicyclic) bond motifs is 1. The quantitative estimate of drug-likeness (QED) is 0.241. The highest BCUT2D eigenvalue weighted by Gasteiger charge is 2.11. The van der Waals surface area contributed by atoms with E-state index in [1.807, 2.05) is 6.07 Å². The molecule has 0 aliphatic heterocycles. The van der Waals surface area contributed by atoms with Crippen molar-refractivity contribution in [2.45, 2.75) is 26.9 Å². The van der Waals surface area contributed by atoms with Crippen molar-refractivity contribution < 1.29 is 0 Å². The Labute approximate surface area is 173 Å². The van der Waals surface area contributed by atoms with Crippen molar-refractivity contribution in [3.05, 3.63) is 64.8 Å². The molecular formula is C21H26IN5. The van der Waals surface area contributed by atoms with Gasteiger partial charge in [0, 0.05) is 29.8 Å². The van der Waals surface area contributed by atoms with Crippen molar-refractivity contribution in [1.82, 2.24) is 14.0 Å². The second kappa shape index (κ2) is 8.39. The lowest BCUT2D eigenvalue weighted by Crippen LogP contribution is -2.24. The first-order valence-corrected chi connectivity index (χ1v) is 10.6. The molecule has 3 aromatic rings. The summed E-state index contributed by atoms with van der Waals surface area (Å²) in [7, 11) is 2.16. The summed E-state index contributed by atoms with van der Waals surface area (Å²) in [5, 5.41) is 16.1. The number of hydrogen-bond acceptors (Lipinski definition) is 3. The normalized spacial score (nSPS) is 11.4. The highest BCUT2D eigenvalue weighted by atomic mass is 127. The topological polar surface area (TPSA) is 60.8 Å². The summed E-state index contributed by atoms with van der Waals surface area (Å²) in [4.78, 5) is 2.34. The van der Waals surface area contributed by atoms with Gasteiger partial charge in [0.2, 0.25) is 0 Å². The number of alkyl halides is 1. The zero-order valence-corrected chi connectivity index (χ0v) is 18.2. The van der Waals surface area contributed by atoms with Crippen molar-refractivity contribution >= 4 is 39.5 Å². The number of hydrogen-bond donors (Lipinski definition) is 2. The Kier molecular flexibility index (Phi) is 6.16.